The fraction of sp³-hybridized carbons (Fsp3) is 0.323. The zero-order valence-corrected chi connectivity index (χ0v) is 23.1. The molecule has 1 aliphatic heterocycles. The molecule has 7 nitrogen and oxygen atoms in total. The summed E-state index contributed by atoms with van der Waals surface area (Å²) < 4.78 is 72.2. The summed E-state index contributed by atoms with van der Waals surface area (Å²) in [5, 5.41) is 16.4. The molecular weight excluding hydrogens is 567 g/mol. The summed E-state index contributed by atoms with van der Waals surface area (Å²) in [6, 6.07) is 13.8. The molecule has 7 rings (SSSR count). The number of aryl methyl sites for hydroxylation is 1. The first kappa shape index (κ1) is 27.5. The average molecular weight is 595 g/mol. The molecule has 1 amide bonds. The van der Waals surface area contributed by atoms with Gasteiger partial charge in [-0.2, -0.15) is 23.4 Å². The lowest BCUT2D eigenvalue weighted by Gasteiger charge is -2.39. The lowest BCUT2D eigenvalue weighted by atomic mass is 9.85. The van der Waals surface area contributed by atoms with Gasteiger partial charge in [0.1, 0.15) is 11.6 Å². The summed E-state index contributed by atoms with van der Waals surface area (Å²) in [6.07, 6.45) is -2.37. The number of amides is 1. The molecule has 2 aromatic heterocycles. The summed E-state index contributed by atoms with van der Waals surface area (Å²) in [5.74, 6) is -3.66. The normalized spacial score (nSPS) is 22.5. The van der Waals surface area contributed by atoms with E-state index in [1.807, 2.05) is 31.4 Å². The molecule has 1 aliphatic carbocycles. The standard InChI is InChI=1S/C31H27F5N6O/c1-41-13-19-9-17(5-7-25(19)40-41)28-21-10-18(6-8-26(21)38-39-28)29(43)37-27-12-30(27)11-20(31(34,35)36)14-42(16-30)15-22-23(32)3-2-4-24(22)33/h2-10,13,20,27H,11-12,14-16H2,1H3,(H,37,43)(H,38,39)/t20-,27?,30?/m1/s1. The Morgan fingerprint density at radius 2 is 1.88 bits per heavy atom. The fourth-order valence-corrected chi connectivity index (χ4v) is 6.55. The number of aromatic amines is 1. The minimum absolute atomic E-state index is 0.153. The van der Waals surface area contributed by atoms with Crippen molar-refractivity contribution in [3.8, 4) is 11.3 Å². The number of rotatable bonds is 5. The minimum Gasteiger partial charge on any atom is -0.349 e. The second-order valence-electron chi connectivity index (χ2n) is 11.8. The number of benzene rings is 3. The molecule has 3 atom stereocenters. The maximum atomic E-state index is 14.3. The molecule has 1 saturated carbocycles. The monoisotopic (exact) mass is 594 g/mol. The van der Waals surface area contributed by atoms with Gasteiger partial charge >= 0.3 is 6.18 Å². The zero-order chi connectivity index (χ0) is 30.1. The Kier molecular flexibility index (Phi) is 6.31. The van der Waals surface area contributed by atoms with Crippen LogP contribution in [0.1, 0.15) is 28.8 Å². The highest BCUT2D eigenvalue weighted by Crippen LogP contribution is 2.56. The molecular formula is C31H27F5N6O. The third-order valence-electron chi connectivity index (χ3n) is 8.79. The Labute approximate surface area is 242 Å². The maximum Gasteiger partial charge on any atom is 0.393 e. The Hall–Kier alpha value is -4.32. The van der Waals surface area contributed by atoms with Gasteiger partial charge in [-0.25, -0.2) is 8.78 Å². The van der Waals surface area contributed by atoms with E-state index in [0.717, 1.165) is 39.5 Å². The van der Waals surface area contributed by atoms with Crippen LogP contribution in [0.25, 0.3) is 33.1 Å². The fourth-order valence-electron chi connectivity index (χ4n) is 6.55. The summed E-state index contributed by atoms with van der Waals surface area (Å²) in [6.45, 7) is -0.442. The summed E-state index contributed by atoms with van der Waals surface area (Å²) in [5.41, 5.74) is 2.35. The van der Waals surface area contributed by atoms with Gasteiger partial charge in [0, 0.05) is 71.8 Å². The van der Waals surface area contributed by atoms with E-state index < -0.39 is 41.1 Å². The van der Waals surface area contributed by atoms with Crippen molar-refractivity contribution in [2.45, 2.75) is 31.6 Å². The van der Waals surface area contributed by atoms with Crippen molar-refractivity contribution in [3.05, 3.63) is 83.6 Å². The molecule has 0 radical (unpaired) electrons. The van der Waals surface area contributed by atoms with Crippen molar-refractivity contribution in [1.82, 2.24) is 30.2 Å². The quantitative estimate of drug-likeness (QED) is 0.246. The SMILES string of the molecule is Cn1cc2cc(-c3n[nH]c4ccc(C(=O)NC5CC56C[C@@H](C(F)(F)F)CN(Cc5c(F)cccc5F)C6)cc34)ccc2n1. The van der Waals surface area contributed by atoms with Crippen molar-refractivity contribution in [1.29, 1.82) is 0 Å². The summed E-state index contributed by atoms with van der Waals surface area (Å²) in [4.78, 5) is 14.8. The van der Waals surface area contributed by atoms with Crippen LogP contribution in [-0.2, 0) is 13.6 Å². The third-order valence-corrected chi connectivity index (χ3v) is 8.79. The van der Waals surface area contributed by atoms with Gasteiger partial charge in [0.15, 0.2) is 0 Å². The van der Waals surface area contributed by atoms with E-state index in [-0.39, 0.29) is 31.6 Å². The molecule has 5 aromatic rings. The molecule has 222 valence electrons. The maximum absolute atomic E-state index is 14.3. The third kappa shape index (κ3) is 5.03. The van der Waals surface area contributed by atoms with E-state index >= 15 is 0 Å². The van der Waals surface area contributed by atoms with Crippen LogP contribution in [-0.4, -0.2) is 56.1 Å². The number of nitrogens with one attached hydrogen (secondary N) is 2. The molecule has 1 spiro atoms. The van der Waals surface area contributed by atoms with E-state index in [1.165, 1.54) is 11.0 Å². The first-order chi connectivity index (χ1) is 20.5. The van der Waals surface area contributed by atoms with Gasteiger partial charge in [0.25, 0.3) is 5.91 Å². The predicted molar refractivity (Wildman–Crippen MR) is 150 cm³/mol. The number of carbonyl (C=O) groups excluding carboxylic acids is 1. The molecule has 2 unspecified atom stereocenters. The second-order valence-corrected chi connectivity index (χ2v) is 11.8. The van der Waals surface area contributed by atoms with Gasteiger partial charge in [-0.15, -0.1) is 0 Å². The first-order valence-electron chi connectivity index (χ1n) is 13.9. The van der Waals surface area contributed by atoms with Crippen molar-refractivity contribution in [3.63, 3.8) is 0 Å². The van der Waals surface area contributed by atoms with Gasteiger partial charge in [-0.05, 0) is 55.3 Å². The molecule has 0 bridgehead atoms. The Morgan fingerprint density at radius 1 is 1.09 bits per heavy atom. The van der Waals surface area contributed by atoms with Crippen LogP contribution in [0, 0.1) is 23.0 Å². The highest BCUT2D eigenvalue weighted by atomic mass is 19.4. The first-order valence-corrected chi connectivity index (χ1v) is 13.9. The topological polar surface area (TPSA) is 78.8 Å². The van der Waals surface area contributed by atoms with Crippen molar-refractivity contribution in [2.75, 3.05) is 13.1 Å². The van der Waals surface area contributed by atoms with Gasteiger partial charge < -0.3 is 5.32 Å². The number of halogens is 5. The number of fused-ring (bicyclic) bond motifs is 2. The second kappa shape index (κ2) is 9.87. The lowest BCUT2D eigenvalue weighted by Crippen LogP contribution is -2.48. The summed E-state index contributed by atoms with van der Waals surface area (Å²) in [7, 11) is 1.84. The smallest absolute Gasteiger partial charge is 0.349 e. The van der Waals surface area contributed by atoms with Gasteiger partial charge in [0.2, 0.25) is 0 Å². The Balaban J connectivity index is 1.11. The van der Waals surface area contributed by atoms with Gasteiger partial charge in [0.05, 0.1) is 22.6 Å². The summed E-state index contributed by atoms with van der Waals surface area (Å²) >= 11 is 0. The molecule has 2 fully saturated rings. The van der Waals surface area contributed by atoms with E-state index in [4.69, 9.17) is 0 Å². The molecule has 43 heavy (non-hydrogen) atoms. The highest BCUT2D eigenvalue weighted by molar-refractivity contribution is 6.02. The van der Waals surface area contributed by atoms with E-state index in [2.05, 4.69) is 20.6 Å². The van der Waals surface area contributed by atoms with Crippen molar-refractivity contribution in [2.24, 2.45) is 18.4 Å². The van der Waals surface area contributed by atoms with Gasteiger partial charge in [-0.1, -0.05) is 12.1 Å². The van der Waals surface area contributed by atoms with E-state index in [9.17, 15) is 26.7 Å². The van der Waals surface area contributed by atoms with Crippen LogP contribution in [0.5, 0.6) is 0 Å². The number of H-pyrrole nitrogens is 1. The number of nitrogens with zero attached hydrogens (tertiary/aromatic N) is 4. The van der Waals surface area contributed by atoms with Crippen LogP contribution >= 0.6 is 0 Å². The van der Waals surface area contributed by atoms with E-state index in [0.29, 0.717) is 17.7 Å². The minimum atomic E-state index is -4.47. The molecule has 2 N–H and O–H groups in total. The molecule has 3 heterocycles. The zero-order valence-electron chi connectivity index (χ0n) is 23.1. The number of likely N-dealkylation sites (tertiary alicyclic amines) is 1. The van der Waals surface area contributed by atoms with Crippen molar-refractivity contribution < 1.29 is 26.7 Å². The predicted octanol–water partition coefficient (Wildman–Crippen LogP) is 5.97. The number of alkyl halides is 3. The molecule has 12 heteroatoms. The molecule has 1 saturated heterocycles. The van der Waals surface area contributed by atoms with Gasteiger partial charge in [-0.3, -0.25) is 19.5 Å². The highest BCUT2D eigenvalue weighted by Gasteiger charge is 2.61. The van der Waals surface area contributed by atoms with Crippen LogP contribution < -0.4 is 5.32 Å². The number of aromatic nitrogens is 4. The average Bonchev–Trinajstić information content (AvgIpc) is 3.26. The largest absolute Gasteiger partial charge is 0.393 e. The van der Waals surface area contributed by atoms with Crippen LogP contribution in [0.2, 0.25) is 0 Å². The lowest BCUT2D eigenvalue weighted by molar-refractivity contribution is -0.194. The van der Waals surface area contributed by atoms with Crippen LogP contribution in [0.15, 0.2) is 60.8 Å². The van der Waals surface area contributed by atoms with Crippen LogP contribution in [0.4, 0.5) is 22.0 Å². The number of hydrogen-bond acceptors (Lipinski definition) is 4. The Bertz CT molecular complexity index is 1860. The van der Waals surface area contributed by atoms with E-state index in [1.54, 1.807) is 22.9 Å². The number of piperidine rings is 1. The molecule has 3 aromatic carbocycles. The number of hydrogen-bond donors (Lipinski definition) is 2. The van der Waals surface area contributed by atoms with Crippen LogP contribution in [0.3, 0.4) is 0 Å². The Morgan fingerprint density at radius 3 is 2.65 bits per heavy atom. The number of carbonyl (C=O) groups is 1. The molecule has 2 aliphatic rings. The van der Waals surface area contributed by atoms with Crippen molar-refractivity contribution >= 4 is 27.7 Å².